The molecule has 1 heterocycles. The predicted molar refractivity (Wildman–Crippen MR) is 85.7 cm³/mol. The molecule has 0 unspecified atom stereocenters. The van der Waals surface area contributed by atoms with Crippen LogP contribution in [0.1, 0.15) is 34.8 Å². The fraction of sp³-hybridized carbons (Fsp3) is 0.267. The fourth-order valence-electron chi connectivity index (χ4n) is 1.80. The van der Waals surface area contributed by atoms with Gasteiger partial charge in [0.25, 0.3) is 0 Å². The lowest BCUT2D eigenvalue weighted by atomic mass is 10.2. The molecule has 2 aromatic rings. The van der Waals surface area contributed by atoms with E-state index in [0.717, 1.165) is 17.0 Å². The van der Waals surface area contributed by atoms with Crippen molar-refractivity contribution in [1.82, 2.24) is 4.98 Å². The molecule has 0 saturated carbocycles. The summed E-state index contributed by atoms with van der Waals surface area (Å²) >= 11 is 1.30. The molecule has 21 heavy (non-hydrogen) atoms. The van der Waals surface area contributed by atoms with Crippen LogP contribution in [-0.4, -0.2) is 23.6 Å². The summed E-state index contributed by atoms with van der Waals surface area (Å²) < 4.78 is 5.52. The number of hydrogen-bond donors (Lipinski definition) is 1. The summed E-state index contributed by atoms with van der Waals surface area (Å²) in [5, 5.41) is 4.75. The predicted octanol–water partition coefficient (Wildman–Crippen LogP) is 3.50. The van der Waals surface area contributed by atoms with Gasteiger partial charge in [-0.2, -0.15) is 5.10 Å². The van der Waals surface area contributed by atoms with Crippen molar-refractivity contribution in [1.29, 1.82) is 0 Å². The number of aryl methyl sites for hydroxylation is 1. The number of carbonyl (C=O) groups is 1. The van der Waals surface area contributed by atoms with E-state index in [0.29, 0.717) is 16.6 Å². The van der Waals surface area contributed by atoms with Crippen LogP contribution in [0.25, 0.3) is 0 Å². The average Bonchev–Trinajstić information content (AvgIpc) is 2.82. The second kappa shape index (κ2) is 6.99. The fourth-order valence-corrected chi connectivity index (χ4v) is 2.61. The Kier molecular flexibility index (Phi) is 5.05. The van der Waals surface area contributed by atoms with Crippen LogP contribution in [0.5, 0.6) is 5.75 Å². The molecule has 2 rings (SSSR count). The van der Waals surface area contributed by atoms with E-state index in [1.54, 1.807) is 6.21 Å². The number of nitrogens with one attached hydrogen (secondary N) is 1. The molecular weight excluding hydrogens is 286 g/mol. The van der Waals surface area contributed by atoms with Gasteiger partial charge in [0.2, 0.25) is 5.13 Å². The lowest BCUT2D eigenvalue weighted by Crippen LogP contribution is -1.97. The van der Waals surface area contributed by atoms with Crippen molar-refractivity contribution < 1.29 is 9.53 Å². The monoisotopic (exact) mass is 303 g/mol. The summed E-state index contributed by atoms with van der Waals surface area (Å²) in [6, 6.07) is 7.65. The molecule has 0 bridgehead atoms. The van der Waals surface area contributed by atoms with Gasteiger partial charge >= 0.3 is 0 Å². The average molecular weight is 303 g/mol. The number of ketones is 1. The Morgan fingerprint density at radius 2 is 2.24 bits per heavy atom. The molecule has 1 aromatic heterocycles. The quantitative estimate of drug-likeness (QED) is 0.504. The van der Waals surface area contributed by atoms with Gasteiger partial charge in [0, 0.05) is 12.5 Å². The van der Waals surface area contributed by atoms with Gasteiger partial charge in [0.1, 0.15) is 5.75 Å². The molecule has 0 radical (unpaired) electrons. The van der Waals surface area contributed by atoms with E-state index in [-0.39, 0.29) is 5.78 Å². The highest BCUT2D eigenvalue weighted by molar-refractivity contribution is 7.17. The third kappa shape index (κ3) is 3.88. The standard InChI is InChI=1S/C15H17N3O2S/c1-4-20-13-8-6-5-7-12(13)9-16-18-15-17-10(2)14(21-15)11(3)19/h5-9H,4H2,1-3H3,(H,17,18). The molecule has 6 heteroatoms. The maximum atomic E-state index is 11.4. The number of nitrogens with zero attached hydrogens (tertiary/aromatic N) is 2. The Labute approximate surface area is 127 Å². The summed E-state index contributed by atoms with van der Waals surface area (Å²) in [5.74, 6) is 0.800. The van der Waals surface area contributed by atoms with Gasteiger partial charge < -0.3 is 4.74 Å². The zero-order valence-electron chi connectivity index (χ0n) is 12.2. The van der Waals surface area contributed by atoms with E-state index in [2.05, 4.69) is 15.5 Å². The topological polar surface area (TPSA) is 63.6 Å². The Morgan fingerprint density at radius 3 is 2.90 bits per heavy atom. The van der Waals surface area contributed by atoms with E-state index in [1.165, 1.54) is 18.3 Å². The highest BCUT2D eigenvalue weighted by Crippen LogP contribution is 2.23. The summed E-state index contributed by atoms with van der Waals surface area (Å²) in [4.78, 5) is 16.3. The molecule has 0 aliphatic heterocycles. The van der Waals surface area contributed by atoms with Crippen LogP contribution in [0.15, 0.2) is 29.4 Å². The first-order valence-corrected chi connectivity index (χ1v) is 7.42. The Morgan fingerprint density at radius 1 is 1.48 bits per heavy atom. The molecule has 1 aromatic carbocycles. The van der Waals surface area contributed by atoms with Gasteiger partial charge in [0.05, 0.1) is 23.4 Å². The number of carbonyl (C=O) groups excluding carboxylic acids is 1. The highest BCUT2D eigenvalue weighted by atomic mass is 32.1. The molecular formula is C15H17N3O2S. The van der Waals surface area contributed by atoms with Gasteiger partial charge in [-0.05, 0) is 26.0 Å². The van der Waals surface area contributed by atoms with Crippen LogP contribution in [-0.2, 0) is 0 Å². The smallest absolute Gasteiger partial charge is 0.204 e. The zero-order valence-corrected chi connectivity index (χ0v) is 13.0. The van der Waals surface area contributed by atoms with E-state index < -0.39 is 0 Å². The number of thiazole rings is 1. The molecule has 0 amide bonds. The highest BCUT2D eigenvalue weighted by Gasteiger charge is 2.10. The molecule has 0 spiro atoms. The Balaban J connectivity index is 2.09. The van der Waals surface area contributed by atoms with E-state index in [1.807, 2.05) is 38.1 Å². The van der Waals surface area contributed by atoms with Crippen molar-refractivity contribution in [3.8, 4) is 5.75 Å². The minimum absolute atomic E-state index is 0.0173. The molecule has 1 N–H and O–H groups in total. The molecule has 0 fully saturated rings. The number of aromatic nitrogens is 1. The molecule has 0 aliphatic carbocycles. The van der Waals surface area contributed by atoms with Crippen LogP contribution in [0, 0.1) is 6.92 Å². The van der Waals surface area contributed by atoms with Crippen molar-refractivity contribution in [3.05, 3.63) is 40.4 Å². The summed E-state index contributed by atoms with van der Waals surface area (Å²) in [5.41, 5.74) is 4.45. The minimum atomic E-state index is 0.0173. The van der Waals surface area contributed by atoms with Gasteiger partial charge in [-0.25, -0.2) is 4.98 Å². The molecule has 0 atom stereocenters. The SMILES string of the molecule is CCOc1ccccc1C=NNc1nc(C)c(C(C)=O)s1. The first-order valence-electron chi connectivity index (χ1n) is 6.61. The number of hydrogen-bond acceptors (Lipinski definition) is 6. The Hall–Kier alpha value is -2.21. The number of para-hydroxylation sites is 1. The van der Waals surface area contributed by atoms with Crippen molar-refractivity contribution >= 4 is 28.5 Å². The van der Waals surface area contributed by atoms with Crippen molar-refractivity contribution in [3.63, 3.8) is 0 Å². The van der Waals surface area contributed by atoms with Gasteiger partial charge in [-0.3, -0.25) is 10.2 Å². The number of hydrazone groups is 1. The van der Waals surface area contributed by atoms with Gasteiger partial charge in [0.15, 0.2) is 5.78 Å². The molecule has 110 valence electrons. The van der Waals surface area contributed by atoms with E-state index in [4.69, 9.17) is 4.74 Å². The number of rotatable bonds is 6. The zero-order chi connectivity index (χ0) is 15.2. The normalized spacial score (nSPS) is 10.8. The first-order chi connectivity index (χ1) is 10.1. The van der Waals surface area contributed by atoms with Crippen molar-refractivity contribution in [2.75, 3.05) is 12.0 Å². The lowest BCUT2D eigenvalue weighted by molar-refractivity contribution is 0.102. The molecule has 5 nitrogen and oxygen atoms in total. The first kappa shape index (κ1) is 15.2. The number of Topliss-reactive ketones (excluding diaryl/α,β-unsaturated/α-hetero) is 1. The second-order valence-electron chi connectivity index (χ2n) is 4.33. The number of benzene rings is 1. The third-order valence-electron chi connectivity index (χ3n) is 2.70. The van der Waals surface area contributed by atoms with Crippen LogP contribution in [0.3, 0.4) is 0 Å². The van der Waals surface area contributed by atoms with Crippen LogP contribution < -0.4 is 10.2 Å². The van der Waals surface area contributed by atoms with Crippen molar-refractivity contribution in [2.24, 2.45) is 5.10 Å². The lowest BCUT2D eigenvalue weighted by Gasteiger charge is -2.05. The third-order valence-corrected chi connectivity index (χ3v) is 3.86. The van der Waals surface area contributed by atoms with Crippen LogP contribution in [0.4, 0.5) is 5.13 Å². The minimum Gasteiger partial charge on any atom is -0.493 e. The van der Waals surface area contributed by atoms with E-state index >= 15 is 0 Å². The Bertz CT molecular complexity index is 665. The summed E-state index contributed by atoms with van der Waals surface area (Å²) in [6.07, 6.45) is 1.68. The second-order valence-corrected chi connectivity index (χ2v) is 5.33. The maximum Gasteiger partial charge on any atom is 0.204 e. The largest absolute Gasteiger partial charge is 0.493 e. The summed E-state index contributed by atoms with van der Waals surface area (Å²) in [6.45, 7) is 5.89. The number of ether oxygens (including phenoxy) is 1. The number of anilines is 1. The van der Waals surface area contributed by atoms with Gasteiger partial charge in [-0.1, -0.05) is 23.5 Å². The van der Waals surface area contributed by atoms with Crippen molar-refractivity contribution in [2.45, 2.75) is 20.8 Å². The molecule has 0 saturated heterocycles. The summed E-state index contributed by atoms with van der Waals surface area (Å²) in [7, 11) is 0. The molecule has 0 aliphatic rings. The van der Waals surface area contributed by atoms with Crippen LogP contribution >= 0.6 is 11.3 Å². The van der Waals surface area contributed by atoms with Gasteiger partial charge in [-0.15, -0.1) is 0 Å². The van der Waals surface area contributed by atoms with E-state index in [9.17, 15) is 4.79 Å². The van der Waals surface area contributed by atoms with Crippen LogP contribution in [0.2, 0.25) is 0 Å². The maximum absolute atomic E-state index is 11.4.